The van der Waals surface area contributed by atoms with Gasteiger partial charge in [0.25, 0.3) is 0 Å². The second kappa shape index (κ2) is 4.98. The Bertz CT molecular complexity index is 220. The molecule has 0 heterocycles. The van der Waals surface area contributed by atoms with Crippen LogP contribution in [0.2, 0.25) is 0 Å². The lowest BCUT2D eigenvalue weighted by Gasteiger charge is -2.20. The van der Waals surface area contributed by atoms with E-state index in [2.05, 4.69) is 0 Å². The SMILES string of the molecule is CC(CCC(C)(C)C(=O)O)CC(=O)O. The van der Waals surface area contributed by atoms with Crippen molar-refractivity contribution >= 4 is 11.9 Å². The third-order valence-electron chi connectivity index (χ3n) is 2.36. The molecule has 82 valence electrons. The molecular formula is C10H18O4. The molecule has 0 amide bonds. The van der Waals surface area contributed by atoms with Gasteiger partial charge in [-0.3, -0.25) is 9.59 Å². The van der Waals surface area contributed by atoms with Gasteiger partial charge < -0.3 is 10.2 Å². The van der Waals surface area contributed by atoms with E-state index in [0.717, 1.165) is 0 Å². The molecule has 0 aromatic carbocycles. The summed E-state index contributed by atoms with van der Waals surface area (Å²) in [6, 6.07) is 0. The van der Waals surface area contributed by atoms with Gasteiger partial charge in [0.05, 0.1) is 5.41 Å². The Morgan fingerprint density at radius 3 is 2.14 bits per heavy atom. The highest BCUT2D eigenvalue weighted by Gasteiger charge is 2.27. The zero-order chi connectivity index (χ0) is 11.4. The third-order valence-corrected chi connectivity index (χ3v) is 2.36. The summed E-state index contributed by atoms with van der Waals surface area (Å²) in [5.74, 6) is -1.63. The second-order valence-electron chi connectivity index (χ2n) is 4.43. The summed E-state index contributed by atoms with van der Waals surface area (Å²) < 4.78 is 0. The van der Waals surface area contributed by atoms with Crippen LogP contribution in [0, 0.1) is 11.3 Å². The van der Waals surface area contributed by atoms with E-state index in [1.807, 2.05) is 6.92 Å². The monoisotopic (exact) mass is 202 g/mol. The van der Waals surface area contributed by atoms with Crippen molar-refractivity contribution in [3.05, 3.63) is 0 Å². The Kier molecular flexibility index (Phi) is 4.60. The molecule has 0 aromatic heterocycles. The molecule has 0 bridgehead atoms. The lowest BCUT2D eigenvalue weighted by Crippen LogP contribution is -2.24. The van der Waals surface area contributed by atoms with Gasteiger partial charge in [0, 0.05) is 6.42 Å². The minimum Gasteiger partial charge on any atom is -0.481 e. The van der Waals surface area contributed by atoms with E-state index < -0.39 is 17.4 Å². The maximum Gasteiger partial charge on any atom is 0.309 e. The van der Waals surface area contributed by atoms with E-state index in [1.54, 1.807) is 13.8 Å². The molecule has 4 heteroatoms. The smallest absolute Gasteiger partial charge is 0.309 e. The molecule has 0 fully saturated rings. The van der Waals surface area contributed by atoms with Crippen molar-refractivity contribution < 1.29 is 19.8 Å². The highest BCUT2D eigenvalue weighted by atomic mass is 16.4. The first-order valence-electron chi connectivity index (χ1n) is 4.71. The van der Waals surface area contributed by atoms with E-state index in [0.29, 0.717) is 12.8 Å². The molecule has 1 atom stereocenters. The molecule has 2 N–H and O–H groups in total. The second-order valence-corrected chi connectivity index (χ2v) is 4.43. The van der Waals surface area contributed by atoms with Crippen molar-refractivity contribution in [2.75, 3.05) is 0 Å². The van der Waals surface area contributed by atoms with Crippen molar-refractivity contribution in [1.82, 2.24) is 0 Å². The number of hydrogen-bond donors (Lipinski definition) is 2. The Hall–Kier alpha value is -1.06. The zero-order valence-corrected chi connectivity index (χ0v) is 8.91. The van der Waals surface area contributed by atoms with Crippen molar-refractivity contribution in [2.24, 2.45) is 11.3 Å². The van der Waals surface area contributed by atoms with Gasteiger partial charge >= 0.3 is 11.9 Å². The van der Waals surface area contributed by atoms with Crippen molar-refractivity contribution in [3.63, 3.8) is 0 Å². The van der Waals surface area contributed by atoms with Crippen molar-refractivity contribution in [3.8, 4) is 0 Å². The maximum absolute atomic E-state index is 10.7. The standard InChI is InChI=1S/C10H18O4/c1-7(6-8(11)12)4-5-10(2,3)9(13)14/h7H,4-6H2,1-3H3,(H,11,12)(H,13,14). The van der Waals surface area contributed by atoms with Gasteiger partial charge in [-0.05, 0) is 32.6 Å². The molecule has 0 rings (SSSR count). The number of aliphatic carboxylic acids is 2. The fourth-order valence-corrected chi connectivity index (χ4v) is 1.11. The van der Waals surface area contributed by atoms with Gasteiger partial charge in [-0.25, -0.2) is 0 Å². The fraction of sp³-hybridized carbons (Fsp3) is 0.800. The highest BCUT2D eigenvalue weighted by molar-refractivity contribution is 5.73. The summed E-state index contributed by atoms with van der Waals surface area (Å²) in [6.45, 7) is 5.14. The summed E-state index contributed by atoms with van der Waals surface area (Å²) in [5.41, 5.74) is -0.757. The average Bonchev–Trinajstić information content (AvgIpc) is 1.99. The number of carboxylic acid groups (broad SMARTS) is 2. The first-order valence-corrected chi connectivity index (χ1v) is 4.71. The van der Waals surface area contributed by atoms with Crippen molar-refractivity contribution in [1.29, 1.82) is 0 Å². The zero-order valence-electron chi connectivity index (χ0n) is 8.91. The van der Waals surface area contributed by atoms with E-state index in [-0.39, 0.29) is 12.3 Å². The van der Waals surface area contributed by atoms with Crippen LogP contribution in [0.25, 0.3) is 0 Å². The lowest BCUT2D eigenvalue weighted by atomic mass is 9.84. The van der Waals surface area contributed by atoms with E-state index >= 15 is 0 Å². The minimum atomic E-state index is -0.833. The van der Waals surface area contributed by atoms with Crippen LogP contribution >= 0.6 is 0 Å². The van der Waals surface area contributed by atoms with Gasteiger partial charge in [0.1, 0.15) is 0 Å². The Morgan fingerprint density at radius 2 is 1.79 bits per heavy atom. The predicted octanol–water partition coefficient (Wildman–Crippen LogP) is 1.99. The molecule has 0 saturated carbocycles. The molecule has 0 aliphatic heterocycles. The highest BCUT2D eigenvalue weighted by Crippen LogP contribution is 2.25. The third kappa shape index (κ3) is 4.84. The van der Waals surface area contributed by atoms with Crippen LogP contribution in [0.4, 0.5) is 0 Å². The molecule has 4 nitrogen and oxygen atoms in total. The number of carboxylic acids is 2. The van der Waals surface area contributed by atoms with Gasteiger partial charge in [0.2, 0.25) is 0 Å². The van der Waals surface area contributed by atoms with Gasteiger partial charge in [-0.2, -0.15) is 0 Å². The summed E-state index contributed by atoms with van der Waals surface area (Å²) in [7, 11) is 0. The Morgan fingerprint density at radius 1 is 1.29 bits per heavy atom. The first kappa shape index (κ1) is 12.9. The summed E-state index contributed by atoms with van der Waals surface area (Å²) in [6.07, 6.45) is 1.25. The molecule has 0 radical (unpaired) electrons. The molecule has 1 unspecified atom stereocenters. The summed E-state index contributed by atoms with van der Waals surface area (Å²) in [4.78, 5) is 21.1. The van der Waals surface area contributed by atoms with E-state index in [4.69, 9.17) is 10.2 Å². The molecular weight excluding hydrogens is 184 g/mol. The van der Waals surface area contributed by atoms with Crippen LogP contribution in [-0.2, 0) is 9.59 Å². The van der Waals surface area contributed by atoms with Crippen LogP contribution in [0.1, 0.15) is 40.0 Å². The topological polar surface area (TPSA) is 74.6 Å². The Balaban J connectivity index is 3.93. The van der Waals surface area contributed by atoms with Crippen molar-refractivity contribution in [2.45, 2.75) is 40.0 Å². The molecule has 0 aliphatic rings. The largest absolute Gasteiger partial charge is 0.481 e. The summed E-state index contributed by atoms with van der Waals surface area (Å²) in [5, 5.41) is 17.3. The molecule has 0 aliphatic carbocycles. The molecule has 0 saturated heterocycles. The van der Waals surface area contributed by atoms with Crippen LogP contribution in [-0.4, -0.2) is 22.2 Å². The lowest BCUT2D eigenvalue weighted by molar-refractivity contribution is -0.147. The number of rotatable bonds is 6. The number of hydrogen-bond acceptors (Lipinski definition) is 2. The van der Waals surface area contributed by atoms with Gasteiger partial charge in [-0.15, -0.1) is 0 Å². The van der Waals surface area contributed by atoms with E-state index in [1.165, 1.54) is 0 Å². The number of carbonyl (C=O) groups is 2. The molecule has 0 aromatic rings. The Labute approximate surface area is 83.9 Å². The minimum absolute atomic E-state index is 0.0334. The van der Waals surface area contributed by atoms with E-state index in [9.17, 15) is 9.59 Å². The maximum atomic E-state index is 10.7. The summed E-state index contributed by atoms with van der Waals surface area (Å²) >= 11 is 0. The van der Waals surface area contributed by atoms with Gasteiger partial charge in [0.15, 0.2) is 0 Å². The van der Waals surface area contributed by atoms with Crippen LogP contribution in [0.5, 0.6) is 0 Å². The quantitative estimate of drug-likeness (QED) is 0.690. The van der Waals surface area contributed by atoms with Gasteiger partial charge in [-0.1, -0.05) is 6.92 Å². The van der Waals surface area contributed by atoms with Crippen LogP contribution < -0.4 is 0 Å². The average molecular weight is 202 g/mol. The predicted molar refractivity (Wildman–Crippen MR) is 52.1 cm³/mol. The normalized spacial score (nSPS) is 13.6. The van der Waals surface area contributed by atoms with Crippen LogP contribution in [0.3, 0.4) is 0 Å². The first-order chi connectivity index (χ1) is 6.25. The molecule has 0 spiro atoms. The fourth-order valence-electron chi connectivity index (χ4n) is 1.11. The van der Waals surface area contributed by atoms with Crippen LogP contribution in [0.15, 0.2) is 0 Å². The molecule has 14 heavy (non-hydrogen) atoms.